The van der Waals surface area contributed by atoms with Crippen LogP contribution in [0.15, 0.2) is 36.4 Å². The number of benzene rings is 3. The quantitative estimate of drug-likeness (QED) is 0.289. The number of hydrogen-bond acceptors (Lipinski definition) is 9. The molecule has 0 unspecified atom stereocenters. The minimum atomic E-state index is -3.31. The van der Waals surface area contributed by atoms with Gasteiger partial charge in [0.1, 0.15) is 0 Å². The molecule has 0 atom stereocenters. The fraction of sp³-hybridized carbons (Fsp3) is 0.379. The molecule has 0 aliphatic heterocycles. The molecule has 0 amide bonds. The zero-order valence-electron chi connectivity index (χ0n) is 24.3. The van der Waals surface area contributed by atoms with E-state index in [1.54, 1.807) is 64.0 Å². The Bertz CT molecular complexity index is 1060. The second-order valence-corrected chi connectivity index (χ2v) is 12.5. The summed E-state index contributed by atoms with van der Waals surface area (Å²) >= 11 is 0. The van der Waals surface area contributed by atoms with Gasteiger partial charge in [0, 0.05) is 0 Å². The van der Waals surface area contributed by atoms with Gasteiger partial charge in [-0.05, 0) is 0 Å². The third-order valence-electron chi connectivity index (χ3n) is 6.96. The zero-order chi connectivity index (χ0) is 28.7. The molecular formula is C29H39O9P. The molecule has 0 fully saturated rings. The molecule has 9 nitrogen and oxygen atoms in total. The Hall–Kier alpha value is -3.71. The van der Waals surface area contributed by atoms with Crippen molar-refractivity contribution in [3.05, 3.63) is 36.4 Å². The average Bonchev–Trinajstić information content (AvgIpc) is 3.00. The summed E-state index contributed by atoms with van der Waals surface area (Å²) in [5, 5.41) is 2.50. The maximum absolute atomic E-state index is 6.03. The third kappa shape index (κ3) is 5.15. The van der Waals surface area contributed by atoms with E-state index in [-0.39, 0.29) is 0 Å². The van der Waals surface area contributed by atoms with Crippen molar-refractivity contribution in [2.24, 2.45) is 0 Å². The van der Waals surface area contributed by atoms with Crippen LogP contribution < -0.4 is 58.5 Å². The Balaban J connectivity index is 2.74. The molecule has 0 saturated carbocycles. The van der Waals surface area contributed by atoms with Gasteiger partial charge >= 0.3 is 231 Å². The molecule has 0 aliphatic carbocycles. The van der Waals surface area contributed by atoms with Gasteiger partial charge in [0.05, 0.1) is 0 Å². The van der Waals surface area contributed by atoms with Gasteiger partial charge in [-0.15, -0.1) is 0 Å². The Kier molecular flexibility index (Phi) is 9.86. The fourth-order valence-electron chi connectivity index (χ4n) is 5.18. The molecule has 0 N–H and O–H groups in total. The van der Waals surface area contributed by atoms with Gasteiger partial charge in [-0.2, -0.15) is 0 Å². The SMILES string of the molecule is CC[PH](c1c(OC)cc(OC)cc1OC)(c1c(OC)cc(OC)cc1OC)c1c(OC)cc(OC)cc1OC. The molecule has 3 rings (SSSR count). The molecule has 0 saturated heterocycles. The number of rotatable bonds is 13. The Labute approximate surface area is 231 Å². The van der Waals surface area contributed by atoms with Crippen LogP contribution in [0.2, 0.25) is 0 Å². The van der Waals surface area contributed by atoms with Crippen LogP contribution in [-0.2, 0) is 0 Å². The summed E-state index contributed by atoms with van der Waals surface area (Å²) in [4.78, 5) is 0. The van der Waals surface area contributed by atoms with Gasteiger partial charge in [0.15, 0.2) is 0 Å². The summed E-state index contributed by atoms with van der Waals surface area (Å²) < 4.78 is 52.9. The van der Waals surface area contributed by atoms with Crippen molar-refractivity contribution in [2.45, 2.75) is 6.92 Å². The predicted octanol–water partition coefficient (Wildman–Crippen LogP) is 3.81. The van der Waals surface area contributed by atoms with Gasteiger partial charge in [0.2, 0.25) is 0 Å². The van der Waals surface area contributed by atoms with E-state index >= 15 is 0 Å². The molecular weight excluding hydrogens is 523 g/mol. The van der Waals surface area contributed by atoms with E-state index in [2.05, 4.69) is 6.92 Å². The van der Waals surface area contributed by atoms with Gasteiger partial charge in [-0.1, -0.05) is 0 Å². The number of methoxy groups -OCH3 is 9. The van der Waals surface area contributed by atoms with E-state index < -0.39 is 7.26 Å². The molecule has 3 aromatic rings. The zero-order valence-corrected chi connectivity index (χ0v) is 25.3. The first-order valence-corrected chi connectivity index (χ1v) is 14.5. The average molecular weight is 563 g/mol. The van der Waals surface area contributed by atoms with Gasteiger partial charge < -0.3 is 0 Å². The molecule has 0 spiro atoms. The van der Waals surface area contributed by atoms with E-state index in [1.165, 1.54) is 0 Å². The first-order valence-electron chi connectivity index (χ1n) is 12.3. The van der Waals surface area contributed by atoms with Crippen LogP contribution in [-0.4, -0.2) is 70.2 Å². The van der Waals surface area contributed by atoms with Crippen LogP contribution in [0.3, 0.4) is 0 Å². The van der Waals surface area contributed by atoms with Gasteiger partial charge in [0.25, 0.3) is 0 Å². The van der Waals surface area contributed by atoms with Crippen LogP contribution in [0.1, 0.15) is 6.92 Å². The van der Waals surface area contributed by atoms with Gasteiger partial charge in [-0.25, -0.2) is 0 Å². The van der Waals surface area contributed by atoms with E-state index in [1.807, 2.05) is 36.4 Å². The van der Waals surface area contributed by atoms with E-state index in [9.17, 15) is 0 Å². The van der Waals surface area contributed by atoms with Crippen molar-refractivity contribution >= 4 is 23.2 Å². The first kappa shape index (κ1) is 29.8. The first-order chi connectivity index (χ1) is 18.9. The summed E-state index contributed by atoms with van der Waals surface area (Å²) in [5.74, 6) is 5.27. The van der Waals surface area contributed by atoms with Crippen LogP contribution >= 0.6 is 7.26 Å². The number of ether oxygens (including phenoxy) is 9. The van der Waals surface area contributed by atoms with Crippen molar-refractivity contribution in [2.75, 3.05) is 70.2 Å². The standard InChI is InChI=1S/C29H39O9P/c1-11-39(27-21(33-5)12-18(30-2)13-22(27)34-6,28-23(35-7)14-19(31-3)15-24(28)36-8)29-25(37-9)16-20(32-4)17-26(29)38-10/h12-17,39H,11H2,1-10H3. The molecule has 214 valence electrons. The summed E-state index contributed by atoms with van der Waals surface area (Å²) in [7, 11) is 11.2. The van der Waals surface area contributed by atoms with Crippen LogP contribution in [0.25, 0.3) is 0 Å². The summed E-state index contributed by atoms with van der Waals surface area (Å²) in [6.45, 7) is 2.11. The molecule has 0 aliphatic rings. The monoisotopic (exact) mass is 562 g/mol. The number of hydrogen-bond donors (Lipinski definition) is 0. The second kappa shape index (κ2) is 12.9. The summed E-state index contributed by atoms with van der Waals surface area (Å²) in [6, 6.07) is 11.1. The molecule has 0 radical (unpaired) electrons. The van der Waals surface area contributed by atoms with E-state index in [0.717, 1.165) is 15.9 Å². The van der Waals surface area contributed by atoms with E-state index in [0.29, 0.717) is 57.9 Å². The van der Waals surface area contributed by atoms with Crippen LogP contribution in [0.5, 0.6) is 51.7 Å². The molecule has 0 bridgehead atoms. The summed E-state index contributed by atoms with van der Waals surface area (Å²) in [6.07, 6.45) is 0.615. The molecule has 0 heterocycles. The topological polar surface area (TPSA) is 83.1 Å². The maximum atomic E-state index is 6.03. The third-order valence-corrected chi connectivity index (χ3v) is 12.1. The van der Waals surface area contributed by atoms with Gasteiger partial charge in [-0.3, -0.25) is 0 Å². The minimum absolute atomic E-state index is 0.583. The van der Waals surface area contributed by atoms with Crippen molar-refractivity contribution in [1.29, 1.82) is 0 Å². The molecule has 3 aromatic carbocycles. The normalized spacial score (nSPS) is 11.3. The van der Waals surface area contributed by atoms with Crippen molar-refractivity contribution in [1.82, 2.24) is 0 Å². The van der Waals surface area contributed by atoms with E-state index in [4.69, 9.17) is 42.6 Å². The van der Waals surface area contributed by atoms with Crippen molar-refractivity contribution < 1.29 is 42.6 Å². The fourth-order valence-corrected chi connectivity index (χ4v) is 10.6. The Morgan fingerprint density at radius 3 is 0.718 bits per heavy atom. The Morgan fingerprint density at radius 1 is 0.385 bits per heavy atom. The van der Waals surface area contributed by atoms with Crippen LogP contribution in [0.4, 0.5) is 0 Å². The van der Waals surface area contributed by atoms with Crippen LogP contribution in [0, 0.1) is 0 Å². The second-order valence-electron chi connectivity index (χ2n) is 8.48. The van der Waals surface area contributed by atoms with Crippen molar-refractivity contribution in [3.63, 3.8) is 0 Å². The van der Waals surface area contributed by atoms with Crippen molar-refractivity contribution in [3.8, 4) is 51.7 Å². The summed E-state index contributed by atoms with van der Waals surface area (Å²) in [5.41, 5.74) is 0. The molecule has 0 aromatic heterocycles. The Morgan fingerprint density at radius 2 is 0.590 bits per heavy atom. The molecule has 10 heteroatoms. The predicted molar refractivity (Wildman–Crippen MR) is 156 cm³/mol. The molecule has 39 heavy (non-hydrogen) atoms.